The Balaban J connectivity index is 1.73. The minimum atomic E-state index is -0.709. The van der Waals surface area contributed by atoms with Crippen LogP contribution >= 0.6 is 0 Å². The summed E-state index contributed by atoms with van der Waals surface area (Å²) in [5, 5.41) is 18.5. The third-order valence-electron chi connectivity index (χ3n) is 3.42. The van der Waals surface area contributed by atoms with E-state index in [0.717, 1.165) is 17.7 Å². The van der Waals surface area contributed by atoms with Gasteiger partial charge >= 0.3 is 0 Å². The fourth-order valence-corrected chi connectivity index (χ4v) is 2.05. The van der Waals surface area contributed by atoms with Crippen molar-refractivity contribution in [3.05, 3.63) is 59.7 Å². The summed E-state index contributed by atoms with van der Waals surface area (Å²) < 4.78 is 11.1. The summed E-state index contributed by atoms with van der Waals surface area (Å²) in [6.07, 6.45) is 0.664. The van der Waals surface area contributed by atoms with Gasteiger partial charge in [-0.05, 0) is 41.8 Å². The maximum Gasteiger partial charge on any atom is 0.122 e. The molecule has 0 saturated heterocycles. The summed E-state index contributed by atoms with van der Waals surface area (Å²) in [4.78, 5) is 0. The van der Waals surface area contributed by atoms with Crippen molar-refractivity contribution >= 4 is 0 Å². The molecule has 1 unspecified atom stereocenters. The maximum absolute atomic E-state index is 9.92. The van der Waals surface area contributed by atoms with Crippen LogP contribution in [-0.2, 0) is 12.8 Å². The van der Waals surface area contributed by atoms with E-state index in [9.17, 15) is 5.11 Å². The van der Waals surface area contributed by atoms with E-state index in [0.29, 0.717) is 12.2 Å². The Hall–Kier alpha value is -2.51. The van der Waals surface area contributed by atoms with Crippen molar-refractivity contribution in [1.29, 1.82) is 5.26 Å². The lowest BCUT2D eigenvalue weighted by Crippen LogP contribution is -2.25. The first kappa shape index (κ1) is 16.9. The van der Waals surface area contributed by atoms with Crippen molar-refractivity contribution in [3.63, 3.8) is 0 Å². The van der Waals surface area contributed by atoms with Crippen LogP contribution in [0.15, 0.2) is 48.5 Å². The first-order valence-corrected chi connectivity index (χ1v) is 7.69. The molecular weight excluding hydrogens is 290 g/mol. The van der Waals surface area contributed by atoms with Crippen LogP contribution in [0.4, 0.5) is 0 Å². The lowest BCUT2D eigenvalue weighted by molar-refractivity contribution is 0.0626. The second-order valence-electron chi connectivity index (χ2n) is 5.25. The number of rotatable bonds is 8. The SMILES string of the molecule is CCc1ccc(OCC(O)COc2ccc(CC#N)cc2)cc1. The monoisotopic (exact) mass is 311 g/mol. The molecule has 1 atom stereocenters. The molecule has 1 N–H and O–H groups in total. The highest BCUT2D eigenvalue weighted by atomic mass is 16.5. The second kappa shape index (κ2) is 8.82. The molecule has 4 nitrogen and oxygen atoms in total. The van der Waals surface area contributed by atoms with Crippen molar-refractivity contribution in [2.45, 2.75) is 25.9 Å². The minimum Gasteiger partial charge on any atom is -0.491 e. The average molecular weight is 311 g/mol. The molecule has 0 saturated carbocycles. The zero-order valence-corrected chi connectivity index (χ0v) is 13.2. The third-order valence-corrected chi connectivity index (χ3v) is 3.42. The van der Waals surface area contributed by atoms with E-state index in [-0.39, 0.29) is 13.2 Å². The van der Waals surface area contributed by atoms with Crippen molar-refractivity contribution in [3.8, 4) is 17.6 Å². The van der Waals surface area contributed by atoms with Gasteiger partial charge in [-0.3, -0.25) is 0 Å². The summed E-state index contributed by atoms with van der Waals surface area (Å²) in [5.41, 5.74) is 2.19. The van der Waals surface area contributed by atoms with Crippen molar-refractivity contribution < 1.29 is 14.6 Å². The van der Waals surface area contributed by atoms with E-state index in [1.807, 2.05) is 36.4 Å². The Morgan fingerprint density at radius 1 is 0.913 bits per heavy atom. The van der Waals surface area contributed by atoms with E-state index in [1.165, 1.54) is 5.56 Å². The molecule has 0 amide bonds. The quantitative estimate of drug-likeness (QED) is 0.813. The van der Waals surface area contributed by atoms with E-state index in [4.69, 9.17) is 14.7 Å². The zero-order chi connectivity index (χ0) is 16.5. The Bertz CT molecular complexity index is 629. The van der Waals surface area contributed by atoms with Gasteiger partial charge in [0.2, 0.25) is 0 Å². The topological polar surface area (TPSA) is 62.5 Å². The predicted octanol–water partition coefficient (Wildman–Crippen LogP) is 3.13. The predicted molar refractivity (Wildman–Crippen MR) is 88.6 cm³/mol. The van der Waals surface area contributed by atoms with Crippen LogP contribution < -0.4 is 9.47 Å². The molecule has 2 aromatic rings. The number of ether oxygens (including phenoxy) is 2. The highest BCUT2D eigenvalue weighted by Gasteiger charge is 2.07. The molecule has 0 aromatic heterocycles. The van der Waals surface area contributed by atoms with Gasteiger partial charge in [0.05, 0.1) is 12.5 Å². The van der Waals surface area contributed by atoms with Crippen LogP contribution in [0.5, 0.6) is 11.5 Å². The summed E-state index contributed by atoms with van der Waals surface area (Å²) in [6.45, 7) is 2.44. The summed E-state index contributed by atoms with van der Waals surface area (Å²) >= 11 is 0. The van der Waals surface area contributed by atoms with E-state index in [2.05, 4.69) is 13.0 Å². The molecule has 0 spiro atoms. The Labute approximate surface area is 136 Å². The molecule has 0 bridgehead atoms. The highest BCUT2D eigenvalue weighted by Crippen LogP contribution is 2.14. The molecule has 2 aromatic carbocycles. The number of aryl methyl sites for hydroxylation is 1. The molecule has 0 radical (unpaired) electrons. The number of aliphatic hydroxyl groups is 1. The second-order valence-corrected chi connectivity index (χ2v) is 5.25. The molecular formula is C19H21NO3. The van der Waals surface area contributed by atoms with E-state index < -0.39 is 6.10 Å². The summed E-state index contributed by atoms with van der Waals surface area (Å²) in [6, 6.07) is 17.2. The van der Waals surface area contributed by atoms with Crippen LogP contribution in [0.25, 0.3) is 0 Å². The number of benzene rings is 2. The maximum atomic E-state index is 9.92. The summed E-state index contributed by atoms with van der Waals surface area (Å²) in [7, 11) is 0. The van der Waals surface area contributed by atoms with Crippen molar-refractivity contribution in [2.24, 2.45) is 0 Å². The Morgan fingerprint density at radius 3 is 1.83 bits per heavy atom. The van der Waals surface area contributed by atoms with Gasteiger partial charge in [-0.2, -0.15) is 5.26 Å². The fraction of sp³-hybridized carbons (Fsp3) is 0.316. The number of nitriles is 1. The molecule has 0 aliphatic heterocycles. The van der Waals surface area contributed by atoms with Crippen molar-refractivity contribution in [2.75, 3.05) is 13.2 Å². The third kappa shape index (κ3) is 5.65. The van der Waals surface area contributed by atoms with Crippen LogP contribution in [0, 0.1) is 11.3 Å². The lowest BCUT2D eigenvalue weighted by Gasteiger charge is -2.14. The smallest absolute Gasteiger partial charge is 0.122 e. The van der Waals surface area contributed by atoms with Crippen LogP contribution in [-0.4, -0.2) is 24.4 Å². The van der Waals surface area contributed by atoms with Crippen LogP contribution in [0.2, 0.25) is 0 Å². The molecule has 0 heterocycles. The molecule has 2 rings (SSSR count). The first-order valence-electron chi connectivity index (χ1n) is 7.69. The number of hydrogen-bond donors (Lipinski definition) is 1. The molecule has 0 fully saturated rings. The van der Waals surface area contributed by atoms with E-state index in [1.54, 1.807) is 12.1 Å². The number of hydrogen-bond acceptors (Lipinski definition) is 4. The molecule has 4 heteroatoms. The number of aliphatic hydroxyl groups excluding tert-OH is 1. The van der Waals surface area contributed by atoms with Gasteiger partial charge in [0.15, 0.2) is 0 Å². The van der Waals surface area contributed by atoms with Gasteiger partial charge in [-0.15, -0.1) is 0 Å². The first-order chi connectivity index (χ1) is 11.2. The fourth-order valence-electron chi connectivity index (χ4n) is 2.05. The average Bonchev–Trinajstić information content (AvgIpc) is 2.60. The minimum absolute atomic E-state index is 0.157. The molecule has 0 aliphatic rings. The van der Waals surface area contributed by atoms with Gasteiger partial charge in [0.25, 0.3) is 0 Å². The number of nitrogens with zero attached hydrogens (tertiary/aromatic N) is 1. The van der Waals surface area contributed by atoms with Crippen LogP contribution in [0.3, 0.4) is 0 Å². The lowest BCUT2D eigenvalue weighted by atomic mass is 10.2. The molecule has 120 valence electrons. The summed E-state index contributed by atoms with van der Waals surface area (Å²) in [5.74, 6) is 1.40. The van der Waals surface area contributed by atoms with Crippen LogP contribution in [0.1, 0.15) is 18.1 Å². The Morgan fingerprint density at radius 2 is 1.39 bits per heavy atom. The normalized spacial score (nSPS) is 11.5. The zero-order valence-electron chi connectivity index (χ0n) is 13.2. The standard InChI is InChI=1S/C19H21NO3/c1-2-15-3-7-18(8-4-15)22-13-17(21)14-23-19-9-5-16(6-10-19)11-12-20/h3-10,17,21H,2,11,13-14H2,1H3. The molecule has 23 heavy (non-hydrogen) atoms. The van der Waals surface area contributed by atoms with E-state index >= 15 is 0 Å². The van der Waals surface area contributed by atoms with Gasteiger partial charge in [0, 0.05) is 0 Å². The largest absolute Gasteiger partial charge is 0.491 e. The highest BCUT2D eigenvalue weighted by molar-refractivity contribution is 5.29. The van der Waals surface area contributed by atoms with Gasteiger partial charge in [-0.1, -0.05) is 31.2 Å². The molecule has 0 aliphatic carbocycles. The Kier molecular flexibility index (Phi) is 6.46. The van der Waals surface area contributed by atoms with Gasteiger partial charge < -0.3 is 14.6 Å². The van der Waals surface area contributed by atoms with Crippen molar-refractivity contribution in [1.82, 2.24) is 0 Å². The van der Waals surface area contributed by atoms with Gasteiger partial charge in [0.1, 0.15) is 30.8 Å². The van der Waals surface area contributed by atoms with Gasteiger partial charge in [-0.25, -0.2) is 0 Å².